The van der Waals surface area contributed by atoms with E-state index >= 15 is 0 Å². The summed E-state index contributed by atoms with van der Waals surface area (Å²) in [4.78, 5) is 13.3. The Hall–Kier alpha value is -3.01. The van der Waals surface area contributed by atoms with Crippen molar-refractivity contribution in [2.45, 2.75) is 49.7 Å². The third kappa shape index (κ3) is 4.64. The van der Waals surface area contributed by atoms with Crippen LogP contribution in [-0.4, -0.2) is 53.7 Å². The number of ether oxygens (including phenoxy) is 1. The van der Waals surface area contributed by atoms with E-state index in [2.05, 4.69) is 10.4 Å². The summed E-state index contributed by atoms with van der Waals surface area (Å²) in [7, 11) is -3.64. The van der Waals surface area contributed by atoms with Crippen LogP contribution < -0.4 is 5.32 Å². The molecular formula is C25H28N4O4S. The number of morpholine rings is 1. The molecule has 0 bridgehead atoms. The van der Waals surface area contributed by atoms with E-state index in [1.807, 2.05) is 50.2 Å². The van der Waals surface area contributed by atoms with E-state index in [9.17, 15) is 13.2 Å². The molecule has 178 valence electrons. The average Bonchev–Trinajstić information content (AvgIpc) is 3.57. The minimum atomic E-state index is -3.64. The lowest BCUT2D eigenvalue weighted by Crippen LogP contribution is -2.48. The highest BCUT2D eigenvalue weighted by molar-refractivity contribution is 7.89. The first-order valence-electron chi connectivity index (χ1n) is 11.5. The number of carbonyl (C=O) groups excluding carboxylic acids is 1. The molecule has 1 amide bonds. The standard InChI is InChI=1S/C25H28N4O4S/c1-17-15-28(16-18(2)33-17)34(31,32)22-12-10-20(11-13-22)26-25(30)24-14-23(19-8-9-19)27-29(24)21-6-4-3-5-7-21/h3-7,10-14,17-19H,8-9,15-16H2,1-2H3,(H,26,30)/t17-,18+. The fraction of sp³-hybridized carbons (Fsp3) is 0.360. The van der Waals surface area contributed by atoms with Crippen LogP contribution in [0.2, 0.25) is 0 Å². The first kappa shape index (κ1) is 22.8. The summed E-state index contributed by atoms with van der Waals surface area (Å²) in [6.07, 6.45) is 1.85. The molecule has 8 nitrogen and oxygen atoms in total. The van der Waals surface area contributed by atoms with Gasteiger partial charge in [-0.25, -0.2) is 13.1 Å². The smallest absolute Gasteiger partial charge is 0.274 e. The van der Waals surface area contributed by atoms with Crippen LogP contribution in [0.4, 0.5) is 5.69 Å². The Bertz CT molecular complexity index is 1270. The molecule has 2 heterocycles. The van der Waals surface area contributed by atoms with Crippen LogP contribution in [0, 0.1) is 0 Å². The molecular weight excluding hydrogens is 452 g/mol. The zero-order chi connectivity index (χ0) is 23.9. The molecule has 1 saturated heterocycles. The van der Waals surface area contributed by atoms with Gasteiger partial charge in [-0.3, -0.25) is 4.79 Å². The number of nitrogens with zero attached hydrogens (tertiary/aromatic N) is 3. The fourth-order valence-corrected chi connectivity index (χ4v) is 5.88. The molecule has 0 radical (unpaired) electrons. The maximum Gasteiger partial charge on any atom is 0.274 e. The minimum Gasteiger partial charge on any atom is -0.373 e. The monoisotopic (exact) mass is 480 g/mol. The van der Waals surface area contributed by atoms with Crippen LogP contribution in [0.1, 0.15) is 48.8 Å². The zero-order valence-corrected chi connectivity index (χ0v) is 20.0. The first-order valence-corrected chi connectivity index (χ1v) is 13.0. The van der Waals surface area contributed by atoms with E-state index in [-0.39, 0.29) is 23.0 Å². The molecule has 2 atom stereocenters. The van der Waals surface area contributed by atoms with Gasteiger partial charge < -0.3 is 10.1 Å². The summed E-state index contributed by atoms with van der Waals surface area (Å²) >= 11 is 0. The number of sulfonamides is 1. The van der Waals surface area contributed by atoms with Gasteiger partial charge in [0.25, 0.3) is 5.91 Å². The lowest BCUT2D eigenvalue weighted by molar-refractivity contribution is -0.0440. The topological polar surface area (TPSA) is 93.5 Å². The molecule has 1 aliphatic carbocycles. The van der Waals surface area contributed by atoms with E-state index < -0.39 is 10.0 Å². The molecule has 9 heteroatoms. The van der Waals surface area contributed by atoms with E-state index in [4.69, 9.17) is 4.74 Å². The van der Waals surface area contributed by atoms with Crippen LogP contribution in [0.15, 0.2) is 65.6 Å². The van der Waals surface area contributed by atoms with Crippen molar-refractivity contribution in [3.05, 3.63) is 72.1 Å². The summed E-state index contributed by atoms with van der Waals surface area (Å²) in [5.74, 6) is 0.112. The van der Waals surface area contributed by atoms with Crippen molar-refractivity contribution < 1.29 is 17.9 Å². The molecule has 2 aromatic carbocycles. The Morgan fingerprint density at radius 2 is 1.65 bits per heavy atom. The number of para-hydroxylation sites is 1. The average molecular weight is 481 g/mol. The summed E-state index contributed by atoms with van der Waals surface area (Å²) in [6, 6.07) is 17.7. The number of rotatable bonds is 6. The second-order valence-electron chi connectivity index (χ2n) is 9.03. The number of aromatic nitrogens is 2. The van der Waals surface area contributed by atoms with Gasteiger partial charge >= 0.3 is 0 Å². The molecule has 5 rings (SSSR count). The van der Waals surface area contributed by atoms with E-state index in [1.165, 1.54) is 16.4 Å². The van der Waals surface area contributed by atoms with Crippen molar-refractivity contribution in [1.82, 2.24) is 14.1 Å². The zero-order valence-electron chi connectivity index (χ0n) is 19.2. The van der Waals surface area contributed by atoms with E-state index in [0.29, 0.717) is 30.4 Å². The van der Waals surface area contributed by atoms with Crippen LogP contribution in [0.3, 0.4) is 0 Å². The minimum absolute atomic E-state index is 0.160. The number of nitrogens with one attached hydrogen (secondary N) is 1. The normalized spacial score (nSPS) is 21.4. The van der Waals surface area contributed by atoms with Crippen molar-refractivity contribution in [2.75, 3.05) is 18.4 Å². The molecule has 3 aromatic rings. The summed E-state index contributed by atoms with van der Waals surface area (Å²) in [5.41, 5.74) is 2.70. The second kappa shape index (κ2) is 8.98. The van der Waals surface area contributed by atoms with Crippen molar-refractivity contribution in [3.8, 4) is 5.69 Å². The maximum atomic E-state index is 13.2. The molecule has 1 aliphatic heterocycles. The predicted octanol–water partition coefficient (Wildman–Crippen LogP) is 3.80. The van der Waals surface area contributed by atoms with Crippen LogP contribution in [0.25, 0.3) is 5.69 Å². The molecule has 2 aliphatic rings. The van der Waals surface area contributed by atoms with Gasteiger partial charge in [0, 0.05) is 24.7 Å². The van der Waals surface area contributed by atoms with Crippen molar-refractivity contribution in [1.29, 1.82) is 0 Å². The molecule has 2 fully saturated rings. The quantitative estimate of drug-likeness (QED) is 0.579. The van der Waals surface area contributed by atoms with E-state index in [1.54, 1.807) is 16.8 Å². The third-order valence-electron chi connectivity index (χ3n) is 6.09. The first-order chi connectivity index (χ1) is 16.3. The lowest BCUT2D eigenvalue weighted by Gasteiger charge is -2.34. The number of carbonyl (C=O) groups is 1. The van der Waals surface area contributed by atoms with Gasteiger partial charge in [-0.05, 0) is 69.2 Å². The van der Waals surface area contributed by atoms with Gasteiger partial charge in [0.2, 0.25) is 10.0 Å². The van der Waals surface area contributed by atoms with Crippen molar-refractivity contribution in [3.63, 3.8) is 0 Å². The van der Waals surface area contributed by atoms with Gasteiger partial charge in [0.05, 0.1) is 28.5 Å². The van der Waals surface area contributed by atoms with Crippen molar-refractivity contribution >= 4 is 21.6 Å². The highest BCUT2D eigenvalue weighted by Crippen LogP contribution is 2.39. The van der Waals surface area contributed by atoms with Gasteiger partial charge in [-0.15, -0.1) is 0 Å². The Labute approximate surface area is 199 Å². The fourth-order valence-electron chi connectivity index (χ4n) is 4.29. The van der Waals surface area contributed by atoms with Crippen molar-refractivity contribution in [2.24, 2.45) is 0 Å². The highest BCUT2D eigenvalue weighted by atomic mass is 32.2. The number of amides is 1. The highest BCUT2D eigenvalue weighted by Gasteiger charge is 2.32. The van der Waals surface area contributed by atoms with Gasteiger partial charge in [-0.1, -0.05) is 18.2 Å². The Kier molecular flexibility index (Phi) is 6.01. The molecule has 0 spiro atoms. The predicted molar refractivity (Wildman–Crippen MR) is 129 cm³/mol. The largest absolute Gasteiger partial charge is 0.373 e. The molecule has 0 unspecified atom stereocenters. The third-order valence-corrected chi connectivity index (χ3v) is 7.94. The Balaban J connectivity index is 1.35. The molecule has 1 saturated carbocycles. The summed E-state index contributed by atoms with van der Waals surface area (Å²) < 4.78 is 34.9. The summed E-state index contributed by atoms with van der Waals surface area (Å²) in [5, 5.41) is 7.56. The van der Waals surface area contributed by atoms with Gasteiger partial charge in [0.15, 0.2) is 0 Å². The van der Waals surface area contributed by atoms with E-state index in [0.717, 1.165) is 24.2 Å². The van der Waals surface area contributed by atoms with Crippen LogP contribution in [0.5, 0.6) is 0 Å². The maximum absolute atomic E-state index is 13.2. The number of hydrogen-bond acceptors (Lipinski definition) is 5. The van der Waals surface area contributed by atoms with Gasteiger partial charge in [-0.2, -0.15) is 9.40 Å². The lowest BCUT2D eigenvalue weighted by atomic mass is 10.2. The Morgan fingerprint density at radius 1 is 1.00 bits per heavy atom. The summed E-state index contributed by atoms with van der Waals surface area (Å²) in [6.45, 7) is 4.37. The molecule has 34 heavy (non-hydrogen) atoms. The SMILES string of the molecule is C[C@@H]1CN(S(=O)(=O)c2ccc(NC(=O)c3cc(C4CC4)nn3-c3ccccc3)cc2)C[C@H](C)O1. The second-order valence-corrected chi connectivity index (χ2v) is 11.0. The van der Waals surface area contributed by atoms with Crippen LogP contribution >= 0.6 is 0 Å². The molecule has 1 N–H and O–H groups in total. The number of anilines is 1. The molecule has 1 aromatic heterocycles. The number of benzene rings is 2. The number of hydrogen-bond donors (Lipinski definition) is 1. The van der Waals surface area contributed by atoms with Crippen LogP contribution in [-0.2, 0) is 14.8 Å². The Morgan fingerprint density at radius 3 is 2.26 bits per heavy atom. The van der Waals surface area contributed by atoms with Gasteiger partial charge in [0.1, 0.15) is 5.69 Å².